The zero-order valence-electron chi connectivity index (χ0n) is 22.2. The predicted molar refractivity (Wildman–Crippen MR) is 163 cm³/mol. The third kappa shape index (κ3) is 4.38. The van der Waals surface area contributed by atoms with Gasteiger partial charge < -0.3 is 5.11 Å². The summed E-state index contributed by atoms with van der Waals surface area (Å²) in [6.45, 7) is 0. The fraction of sp³-hybridized carbons (Fsp3) is 0.111. The van der Waals surface area contributed by atoms with Crippen LogP contribution >= 0.6 is 0 Å². The summed E-state index contributed by atoms with van der Waals surface area (Å²) in [7, 11) is 0. The topological polar surface area (TPSA) is 49.2 Å². The lowest BCUT2D eigenvalue weighted by Gasteiger charge is -2.29. The fourth-order valence-corrected chi connectivity index (χ4v) is 5.86. The molecule has 6 aromatic rings. The summed E-state index contributed by atoms with van der Waals surface area (Å²) in [6.07, 6.45) is 6.19. The molecule has 0 spiro atoms. The molecule has 4 heteroatoms. The van der Waals surface area contributed by atoms with E-state index in [1.54, 1.807) is 6.07 Å². The van der Waals surface area contributed by atoms with Crippen molar-refractivity contribution in [3.8, 4) is 28.1 Å². The van der Waals surface area contributed by atoms with E-state index in [4.69, 9.17) is 9.97 Å². The van der Waals surface area contributed by atoms with Crippen molar-refractivity contribution in [3.05, 3.63) is 133 Å². The number of hydrogen-bond acceptors (Lipinski definition) is 4. The van der Waals surface area contributed by atoms with Crippen LogP contribution in [0.15, 0.2) is 121 Å². The van der Waals surface area contributed by atoms with Gasteiger partial charge in [0.25, 0.3) is 0 Å². The minimum atomic E-state index is 0.272. The van der Waals surface area contributed by atoms with Gasteiger partial charge >= 0.3 is 0 Å². The van der Waals surface area contributed by atoms with E-state index in [0.29, 0.717) is 0 Å². The number of phenolic OH excluding ortho intramolecular Hbond substituents is 1. The van der Waals surface area contributed by atoms with Crippen LogP contribution in [0.25, 0.3) is 33.2 Å². The van der Waals surface area contributed by atoms with Gasteiger partial charge in [0.1, 0.15) is 17.4 Å². The Balaban J connectivity index is 1.48. The number of para-hydroxylation sites is 2. The number of pyridine rings is 2. The molecular weight excluding hydrogens is 490 g/mol. The molecule has 0 aliphatic heterocycles. The number of benzene rings is 4. The zero-order valence-corrected chi connectivity index (χ0v) is 22.2. The lowest BCUT2D eigenvalue weighted by Crippen LogP contribution is -2.18. The van der Waals surface area contributed by atoms with E-state index >= 15 is 0 Å². The van der Waals surface area contributed by atoms with Crippen molar-refractivity contribution in [2.24, 2.45) is 0 Å². The number of aromatic hydroxyl groups is 1. The van der Waals surface area contributed by atoms with Gasteiger partial charge in [-0.2, -0.15) is 0 Å². The SMILES string of the molecule is Oc1ccccc1-c1cc(-c2cc3c(c(N(c4ccccc4)c4ccccn4)n2)CCCC3)cc2ccccc12. The molecule has 1 aliphatic rings. The fourth-order valence-electron chi connectivity index (χ4n) is 5.86. The number of rotatable bonds is 5. The molecule has 194 valence electrons. The standard InChI is InChI=1S/C36H29N3O/c40-34-19-9-8-18-31(34)32-23-27(22-25-12-4-6-16-29(25)32)33-24-26-13-5-7-17-30(26)36(38-33)39(28-14-2-1-3-15-28)35-20-10-11-21-37-35/h1-4,6,8-12,14-16,18-24,40H,5,7,13,17H2. The van der Waals surface area contributed by atoms with Crippen LogP contribution in [0.3, 0.4) is 0 Å². The number of fused-ring (bicyclic) bond motifs is 2. The number of nitrogens with zero attached hydrogens (tertiary/aromatic N) is 3. The molecule has 0 amide bonds. The molecule has 4 nitrogen and oxygen atoms in total. The summed E-state index contributed by atoms with van der Waals surface area (Å²) in [4.78, 5) is 12.3. The van der Waals surface area contributed by atoms with E-state index in [1.165, 1.54) is 17.5 Å². The zero-order chi connectivity index (χ0) is 26.9. The maximum Gasteiger partial charge on any atom is 0.142 e. The highest BCUT2D eigenvalue weighted by Crippen LogP contribution is 2.42. The molecule has 2 aromatic heterocycles. The highest BCUT2D eigenvalue weighted by Gasteiger charge is 2.24. The number of hydrogen-bond donors (Lipinski definition) is 1. The lowest BCUT2D eigenvalue weighted by molar-refractivity contribution is 0.477. The minimum Gasteiger partial charge on any atom is -0.507 e. The van der Waals surface area contributed by atoms with Crippen molar-refractivity contribution in [3.63, 3.8) is 0 Å². The number of aromatic nitrogens is 2. The highest BCUT2D eigenvalue weighted by molar-refractivity contribution is 6.01. The number of aryl methyl sites for hydroxylation is 1. The first-order valence-electron chi connectivity index (χ1n) is 13.9. The first-order valence-corrected chi connectivity index (χ1v) is 13.9. The van der Waals surface area contributed by atoms with E-state index in [9.17, 15) is 5.11 Å². The van der Waals surface area contributed by atoms with Crippen molar-refractivity contribution in [1.29, 1.82) is 0 Å². The Kier molecular flexibility index (Phi) is 6.21. The molecule has 0 bridgehead atoms. The molecule has 1 aliphatic carbocycles. The van der Waals surface area contributed by atoms with Crippen LogP contribution in [0.2, 0.25) is 0 Å². The summed E-state index contributed by atoms with van der Waals surface area (Å²) in [6, 6.07) is 39.0. The van der Waals surface area contributed by atoms with Crippen LogP contribution in [0.5, 0.6) is 5.75 Å². The third-order valence-corrected chi connectivity index (χ3v) is 7.77. The van der Waals surface area contributed by atoms with Gasteiger partial charge in [-0.25, -0.2) is 9.97 Å². The van der Waals surface area contributed by atoms with Crippen molar-refractivity contribution in [2.75, 3.05) is 4.90 Å². The Labute approximate surface area is 234 Å². The summed E-state index contributed by atoms with van der Waals surface area (Å²) in [5, 5.41) is 13.0. The summed E-state index contributed by atoms with van der Waals surface area (Å²) in [5.74, 6) is 2.06. The van der Waals surface area contributed by atoms with E-state index in [0.717, 1.165) is 69.7 Å². The molecule has 0 unspecified atom stereocenters. The summed E-state index contributed by atoms with van der Waals surface area (Å²) < 4.78 is 0. The largest absolute Gasteiger partial charge is 0.507 e. The minimum absolute atomic E-state index is 0.272. The van der Waals surface area contributed by atoms with Crippen molar-refractivity contribution >= 4 is 28.1 Å². The number of anilines is 3. The lowest BCUT2D eigenvalue weighted by atomic mass is 9.89. The second-order valence-electron chi connectivity index (χ2n) is 10.3. The van der Waals surface area contributed by atoms with Crippen LogP contribution in [-0.4, -0.2) is 15.1 Å². The number of phenols is 1. The maximum absolute atomic E-state index is 10.8. The quantitative estimate of drug-likeness (QED) is 0.247. The van der Waals surface area contributed by atoms with Crippen molar-refractivity contribution < 1.29 is 5.11 Å². The van der Waals surface area contributed by atoms with E-state index < -0.39 is 0 Å². The highest BCUT2D eigenvalue weighted by atomic mass is 16.3. The van der Waals surface area contributed by atoms with E-state index in [-0.39, 0.29) is 5.75 Å². The van der Waals surface area contributed by atoms with Crippen LogP contribution in [-0.2, 0) is 12.8 Å². The third-order valence-electron chi connectivity index (χ3n) is 7.77. The Bertz CT molecular complexity index is 1780. The van der Waals surface area contributed by atoms with Gasteiger partial charge in [0, 0.05) is 23.0 Å². The molecule has 0 saturated carbocycles. The van der Waals surface area contributed by atoms with Crippen LogP contribution in [0.4, 0.5) is 17.3 Å². The Morgan fingerprint density at radius 2 is 1.45 bits per heavy atom. The molecule has 1 N–H and O–H groups in total. The van der Waals surface area contributed by atoms with Crippen molar-refractivity contribution in [1.82, 2.24) is 9.97 Å². The smallest absolute Gasteiger partial charge is 0.142 e. The molecule has 2 heterocycles. The maximum atomic E-state index is 10.8. The molecule has 0 saturated heterocycles. The molecule has 4 aromatic carbocycles. The predicted octanol–water partition coefficient (Wildman–Crippen LogP) is 9.02. The van der Waals surface area contributed by atoms with E-state index in [2.05, 4.69) is 65.6 Å². The van der Waals surface area contributed by atoms with Crippen molar-refractivity contribution in [2.45, 2.75) is 25.7 Å². The molecule has 0 atom stereocenters. The second kappa shape index (κ2) is 10.3. The average molecular weight is 520 g/mol. The molecule has 0 fully saturated rings. The normalized spacial score (nSPS) is 12.7. The van der Waals surface area contributed by atoms with Gasteiger partial charge in [0.05, 0.1) is 5.69 Å². The molecule has 0 radical (unpaired) electrons. The Morgan fingerprint density at radius 1 is 0.675 bits per heavy atom. The Hall–Kier alpha value is -4.96. The molecular formula is C36H29N3O. The van der Waals surface area contributed by atoms with Crippen LogP contribution in [0, 0.1) is 0 Å². The molecule has 40 heavy (non-hydrogen) atoms. The molecule has 7 rings (SSSR count). The van der Waals surface area contributed by atoms with Crippen LogP contribution < -0.4 is 4.90 Å². The van der Waals surface area contributed by atoms with Gasteiger partial charge in [0.15, 0.2) is 0 Å². The van der Waals surface area contributed by atoms with Gasteiger partial charge in [0.2, 0.25) is 0 Å². The Morgan fingerprint density at radius 3 is 2.30 bits per heavy atom. The van der Waals surface area contributed by atoms with Gasteiger partial charge in [-0.3, -0.25) is 4.90 Å². The van der Waals surface area contributed by atoms with Gasteiger partial charge in [-0.15, -0.1) is 0 Å². The van der Waals surface area contributed by atoms with Crippen LogP contribution in [0.1, 0.15) is 24.0 Å². The van der Waals surface area contributed by atoms with E-state index in [1.807, 2.05) is 54.7 Å². The van der Waals surface area contributed by atoms with Gasteiger partial charge in [-0.05, 0) is 102 Å². The first kappa shape index (κ1) is 24.1. The summed E-state index contributed by atoms with van der Waals surface area (Å²) in [5.41, 5.74) is 7.45. The average Bonchev–Trinajstić information content (AvgIpc) is 3.02. The monoisotopic (exact) mass is 519 g/mol. The van der Waals surface area contributed by atoms with Gasteiger partial charge in [-0.1, -0.05) is 66.7 Å². The second-order valence-corrected chi connectivity index (χ2v) is 10.3. The summed E-state index contributed by atoms with van der Waals surface area (Å²) >= 11 is 0. The first-order chi connectivity index (χ1) is 19.8.